The lowest BCUT2D eigenvalue weighted by atomic mass is 10.1. The van der Waals surface area contributed by atoms with Crippen LogP contribution in [0.3, 0.4) is 0 Å². The van der Waals surface area contributed by atoms with Gasteiger partial charge in [-0.3, -0.25) is 9.59 Å². The molecule has 7 heteroatoms. The van der Waals surface area contributed by atoms with Crippen LogP contribution in [0.25, 0.3) is 0 Å². The lowest BCUT2D eigenvalue weighted by Crippen LogP contribution is -2.55. The Bertz CT molecular complexity index is 328. The topological polar surface area (TPSA) is 122 Å². The number of carbonyl (C=O) groups excluding carboxylic acids is 2. The summed E-state index contributed by atoms with van der Waals surface area (Å²) in [5.41, 5.74) is 3.99. The van der Waals surface area contributed by atoms with Crippen molar-refractivity contribution in [3.63, 3.8) is 0 Å². The summed E-state index contributed by atoms with van der Waals surface area (Å²) in [6.07, 6.45) is 1.03. The molecule has 104 valence electrons. The van der Waals surface area contributed by atoms with Gasteiger partial charge in [-0.05, 0) is 26.7 Å². The number of aliphatic carboxylic acids is 1. The number of amides is 3. The number of nitrogens with two attached hydrogens (primary N) is 1. The maximum atomic E-state index is 11.4. The largest absolute Gasteiger partial charge is 0.481 e. The quantitative estimate of drug-likeness (QED) is 0.482. The van der Waals surface area contributed by atoms with E-state index >= 15 is 0 Å². The molecule has 0 aromatic carbocycles. The van der Waals surface area contributed by atoms with E-state index < -0.39 is 29.4 Å². The Morgan fingerprint density at radius 2 is 1.89 bits per heavy atom. The van der Waals surface area contributed by atoms with Gasteiger partial charge >= 0.3 is 12.0 Å². The summed E-state index contributed by atoms with van der Waals surface area (Å²) in [5.74, 6) is -1.91. The molecule has 0 aromatic rings. The van der Waals surface area contributed by atoms with E-state index in [9.17, 15) is 14.4 Å². The van der Waals surface area contributed by atoms with Crippen molar-refractivity contribution >= 4 is 17.9 Å². The summed E-state index contributed by atoms with van der Waals surface area (Å²) in [6, 6.07) is -0.498. The molecule has 3 amide bonds. The molecule has 0 fully saturated rings. The minimum Gasteiger partial charge on any atom is -0.481 e. The van der Waals surface area contributed by atoms with Crippen molar-refractivity contribution in [3.05, 3.63) is 0 Å². The number of carboxylic acids is 1. The van der Waals surface area contributed by atoms with Crippen LogP contribution in [0.1, 0.15) is 33.6 Å². The Kier molecular flexibility index (Phi) is 6.15. The SMILES string of the molecule is CC(CCCNC(=O)NC(C)(C)C(N)=O)C(=O)O. The molecule has 0 heterocycles. The summed E-state index contributed by atoms with van der Waals surface area (Å²) in [7, 11) is 0. The van der Waals surface area contributed by atoms with E-state index in [1.807, 2.05) is 0 Å². The van der Waals surface area contributed by atoms with E-state index in [1.165, 1.54) is 13.8 Å². The fraction of sp³-hybridized carbons (Fsp3) is 0.727. The molecule has 0 saturated heterocycles. The molecule has 0 spiro atoms. The second-order valence-corrected chi connectivity index (χ2v) is 4.75. The van der Waals surface area contributed by atoms with Crippen LogP contribution in [-0.4, -0.2) is 35.1 Å². The fourth-order valence-corrected chi connectivity index (χ4v) is 1.12. The Balaban J connectivity index is 3.86. The molecule has 0 bridgehead atoms. The first-order valence-corrected chi connectivity index (χ1v) is 5.75. The van der Waals surface area contributed by atoms with Crippen LogP contribution < -0.4 is 16.4 Å². The average molecular weight is 259 g/mol. The third-order valence-electron chi connectivity index (χ3n) is 2.56. The lowest BCUT2D eigenvalue weighted by Gasteiger charge is -2.22. The van der Waals surface area contributed by atoms with Crippen LogP contribution >= 0.6 is 0 Å². The van der Waals surface area contributed by atoms with Crippen molar-refractivity contribution < 1.29 is 19.5 Å². The highest BCUT2D eigenvalue weighted by molar-refractivity contribution is 5.89. The second kappa shape index (κ2) is 6.83. The maximum Gasteiger partial charge on any atom is 0.315 e. The monoisotopic (exact) mass is 259 g/mol. The summed E-state index contributed by atoms with van der Waals surface area (Å²) in [4.78, 5) is 32.9. The van der Waals surface area contributed by atoms with Crippen LogP contribution in [0.2, 0.25) is 0 Å². The number of hydrogen-bond donors (Lipinski definition) is 4. The molecule has 0 aliphatic rings. The first kappa shape index (κ1) is 16.2. The minimum absolute atomic E-state index is 0.346. The molecule has 0 rings (SSSR count). The molecular formula is C11H21N3O4. The number of nitrogens with one attached hydrogen (secondary N) is 2. The number of carboxylic acid groups (broad SMARTS) is 1. The third kappa shape index (κ3) is 6.07. The number of primary amides is 1. The Morgan fingerprint density at radius 3 is 2.33 bits per heavy atom. The number of rotatable bonds is 7. The Morgan fingerprint density at radius 1 is 1.33 bits per heavy atom. The first-order chi connectivity index (χ1) is 8.16. The number of urea groups is 1. The Labute approximate surface area is 106 Å². The molecule has 0 aliphatic heterocycles. The highest BCUT2D eigenvalue weighted by Crippen LogP contribution is 2.04. The average Bonchev–Trinajstić information content (AvgIpc) is 2.22. The Hall–Kier alpha value is -1.79. The summed E-state index contributed by atoms with van der Waals surface area (Å²) in [6.45, 7) is 4.96. The van der Waals surface area contributed by atoms with Gasteiger partial charge in [0, 0.05) is 6.54 Å². The summed E-state index contributed by atoms with van der Waals surface area (Å²) >= 11 is 0. The molecular weight excluding hydrogens is 238 g/mol. The van der Waals surface area contributed by atoms with E-state index in [0.717, 1.165) is 0 Å². The van der Waals surface area contributed by atoms with E-state index in [1.54, 1.807) is 6.92 Å². The van der Waals surface area contributed by atoms with Crippen LogP contribution in [0.4, 0.5) is 4.79 Å². The van der Waals surface area contributed by atoms with Crippen LogP contribution in [-0.2, 0) is 9.59 Å². The molecule has 0 saturated carbocycles. The van der Waals surface area contributed by atoms with Crippen molar-refractivity contribution in [2.24, 2.45) is 11.7 Å². The standard InChI is InChI=1S/C11H21N3O4/c1-7(8(15)16)5-4-6-13-10(18)14-11(2,3)9(12)17/h7H,4-6H2,1-3H3,(H2,12,17)(H,15,16)(H2,13,14,18). The zero-order valence-corrected chi connectivity index (χ0v) is 10.9. The van der Waals surface area contributed by atoms with Gasteiger partial charge in [0.2, 0.25) is 5.91 Å². The summed E-state index contributed by atoms with van der Waals surface area (Å²) in [5, 5.41) is 13.6. The van der Waals surface area contributed by atoms with E-state index in [2.05, 4.69) is 10.6 Å². The molecule has 0 aliphatic carbocycles. The molecule has 5 N–H and O–H groups in total. The molecule has 0 aromatic heterocycles. The van der Waals surface area contributed by atoms with E-state index in [4.69, 9.17) is 10.8 Å². The molecule has 1 atom stereocenters. The van der Waals surface area contributed by atoms with Gasteiger partial charge in [0.05, 0.1) is 5.92 Å². The molecule has 18 heavy (non-hydrogen) atoms. The maximum absolute atomic E-state index is 11.4. The highest BCUT2D eigenvalue weighted by atomic mass is 16.4. The smallest absolute Gasteiger partial charge is 0.315 e. The van der Waals surface area contributed by atoms with Gasteiger partial charge in [-0.15, -0.1) is 0 Å². The van der Waals surface area contributed by atoms with Crippen LogP contribution in [0, 0.1) is 5.92 Å². The van der Waals surface area contributed by atoms with Crippen molar-refractivity contribution in [1.29, 1.82) is 0 Å². The van der Waals surface area contributed by atoms with Crippen molar-refractivity contribution in [2.75, 3.05) is 6.54 Å². The van der Waals surface area contributed by atoms with Gasteiger partial charge in [-0.1, -0.05) is 6.92 Å². The zero-order chi connectivity index (χ0) is 14.3. The summed E-state index contributed by atoms with van der Waals surface area (Å²) < 4.78 is 0. The first-order valence-electron chi connectivity index (χ1n) is 5.75. The van der Waals surface area contributed by atoms with E-state index in [-0.39, 0.29) is 0 Å². The van der Waals surface area contributed by atoms with Crippen LogP contribution in [0.5, 0.6) is 0 Å². The van der Waals surface area contributed by atoms with Gasteiger partial charge < -0.3 is 21.5 Å². The van der Waals surface area contributed by atoms with Crippen molar-refractivity contribution in [2.45, 2.75) is 39.2 Å². The number of hydrogen-bond acceptors (Lipinski definition) is 3. The third-order valence-corrected chi connectivity index (χ3v) is 2.56. The number of carbonyl (C=O) groups is 3. The predicted octanol–water partition coefficient (Wildman–Crippen LogP) is 0.0504. The van der Waals surface area contributed by atoms with E-state index in [0.29, 0.717) is 19.4 Å². The van der Waals surface area contributed by atoms with Gasteiger partial charge in [0.1, 0.15) is 5.54 Å². The zero-order valence-electron chi connectivity index (χ0n) is 10.9. The molecule has 1 unspecified atom stereocenters. The van der Waals surface area contributed by atoms with Gasteiger partial charge in [0.15, 0.2) is 0 Å². The molecule has 7 nitrogen and oxygen atoms in total. The van der Waals surface area contributed by atoms with Gasteiger partial charge in [-0.25, -0.2) is 4.79 Å². The van der Waals surface area contributed by atoms with Crippen molar-refractivity contribution in [1.82, 2.24) is 10.6 Å². The fourth-order valence-electron chi connectivity index (χ4n) is 1.12. The second-order valence-electron chi connectivity index (χ2n) is 4.75. The van der Waals surface area contributed by atoms with Crippen LogP contribution in [0.15, 0.2) is 0 Å². The van der Waals surface area contributed by atoms with Crippen molar-refractivity contribution in [3.8, 4) is 0 Å². The molecule has 0 radical (unpaired) electrons. The normalized spacial score (nSPS) is 12.6. The van der Waals surface area contributed by atoms with Gasteiger partial charge in [-0.2, -0.15) is 0 Å². The highest BCUT2D eigenvalue weighted by Gasteiger charge is 2.26. The predicted molar refractivity (Wildman–Crippen MR) is 65.8 cm³/mol. The minimum atomic E-state index is -1.11. The van der Waals surface area contributed by atoms with Gasteiger partial charge in [0.25, 0.3) is 0 Å². The lowest BCUT2D eigenvalue weighted by molar-refractivity contribution is -0.141.